The molecule has 1 heterocycles. The van der Waals surface area contributed by atoms with Crippen LogP contribution in [0, 0.1) is 13.8 Å². The van der Waals surface area contributed by atoms with Crippen molar-refractivity contribution in [3.05, 3.63) is 83.9 Å². The van der Waals surface area contributed by atoms with Crippen LogP contribution in [0.1, 0.15) is 11.1 Å². The van der Waals surface area contributed by atoms with Crippen molar-refractivity contribution in [2.75, 3.05) is 23.1 Å². The molecular weight excluding hydrogens is 388 g/mol. The number of ether oxygens (including phenoxy) is 1. The van der Waals surface area contributed by atoms with E-state index in [4.69, 9.17) is 4.74 Å². The van der Waals surface area contributed by atoms with Gasteiger partial charge in [-0.05, 0) is 61.4 Å². The molecule has 0 radical (unpaired) electrons. The van der Waals surface area contributed by atoms with Gasteiger partial charge in [-0.3, -0.25) is 0 Å². The van der Waals surface area contributed by atoms with Gasteiger partial charge in [0.05, 0.1) is 7.11 Å². The molecular formula is C24H24N6O. The third-order valence-corrected chi connectivity index (χ3v) is 4.51. The molecule has 7 nitrogen and oxygen atoms in total. The van der Waals surface area contributed by atoms with Crippen LogP contribution in [-0.2, 0) is 0 Å². The number of nitrogens with one attached hydrogen (secondary N) is 3. The molecule has 0 aliphatic carbocycles. The Labute approximate surface area is 181 Å². The zero-order valence-electron chi connectivity index (χ0n) is 17.7. The lowest BCUT2D eigenvalue weighted by Crippen LogP contribution is -2.07. The van der Waals surface area contributed by atoms with Crippen LogP contribution in [0.25, 0.3) is 0 Å². The van der Waals surface area contributed by atoms with E-state index in [9.17, 15) is 0 Å². The molecule has 0 unspecified atom stereocenters. The molecule has 0 bridgehead atoms. The normalized spacial score (nSPS) is 10.4. The van der Waals surface area contributed by atoms with Crippen molar-refractivity contribution >= 4 is 34.9 Å². The van der Waals surface area contributed by atoms with Gasteiger partial charge in [-0.1, -0.05) is 30.3 Å². The molecule has 31 heavy (non-hydrogen) atoms. The Bertz CT molecular complexity index is 1130. The summed E-state index contributed by atoms with van der Waals surface area (Å²) in [7, 11) is 1.63. The van der Waals surface area contributed by atoms with Gasteiger partial charge in [0, 0.05) is 23.1 Å². The zero-order valence-corrected chi connectivity index (χ0v) is 17.7. The largest absolute Gasteiger partial charge is 0.497 e. The molecule has 3 aromatic carbocycles. The van der Waals surface area contributed by atoms with Crippen LogP contribution < -0.4 is 20.7 Å². The summed E-state index contributed by atoms with van der Waals surface area (Å²) in [5.74, 6) is 2.02. The summed E-state index contributed by atoms with van der Waals surface area (Å²) in [6.45, 7) is 4.08. The van der Waals surface area contributed by atoms with Gasteiger partial charge in [0.25, 0.3) is 0 Å². The Balaban J connectivity index is 1.66. The molecule has 156 valence electrons. The first-order valence-corrected chi connectivity index (χ1v) is 9.92. The van der Waals surface area contributed by atoms with Gasteiger partial charge in [-0.2, -0.15) is 15.0 Å². The number of aryl methyl sites for hydroxylation is 2. The van der Waals surface area contributed by atoms with E-state index in [0.717, 1.165) is 33.9 Å². The maximum Gasteiger partial charge on any atom is 0.233 e. The fourth-order valence-electron chi connectivity index (χ4n) is 3.08. The Morgan fingerprint density at radius 3 is 1.42 bits per heavy atom. The molecule has 0 saturated heterocycles. The summed E-state index contributed by atoms with van der Waals surface area (Å²) < 4.78 is 5.30. The number of nitrogens with zero attached hydrogens (tertiary/aromatic N) is 3. The molecule has 0 saturated carbocycles. The van der Waals surface area contributed by atoms with Crippen LogP contribution in [0.15, 0.2) is 72.8 Å². The monoisotopic (exact) mass is 412 g/mol. The third kappa shape index (κ3) is 5.48. The van der Waals surface area contributed by atoms with Crippen molar-refractivity contribution < 1.29 is 4.74 Å². The van der Waals surface area contributed by atoms with Crippen molar-refractivity contribution in [2.24, 2.45) is 0 Å². The Morgan fingerprint density at radius 1 is 0.581 bits per heavy atom. The molecule has 0 spiro atoms. The highest BCUT2D eigenvalue weighted by Crippen LogP contribution is 2.23. The number of hydrogen-bond donors (Lipinski definition) is 3. The SMILES string of the molecule is COc1cccc(Nc2nc(Nc3cccc(C)c3)nc(Nc3cccc(C)c3)n2)c1. The number of methoxy groups -OCH3 is 1. The molecule has 4 aromatic rings. The molecule has 0 atom stereocenters. The second-order valence-corrected chi connectivity index (χ2v) is 7.15. The molecule has 0 fully saturated rings. The average molecular weight is 412 g/mol. The van der Waals surface area contributed by atoms with E-state index in [1.165, 1.54) is 0 Å². The Morgan fingerprint density at radius 2 is 1.00 bits per heavy atom. The van der Waals surface area contributed by atoms with Crippen LogP contribution in [0.4, 0.5) is 34.9 Å². The second-order valence-electron chi connectivity index (χ2n) is 7.15. The van der Waals surface area contributed by atoms with Gasteiger partial charge >= 0.3 is 0 Å². The Hall–Kier alpha value is -4.13. The minimum atomic E-state index is 0.411. The van der Waals surface area contributed by atoms with Crippen molar-refractivity contribution in [1.29, 1.82) is 0 Å². The van der Waals surface area contributed by atoms with Crippen molar-refractivity contribution in [2.45, 2.75) is 13.8 Å². The highest BCUT2D eigenvalue weighted by molar-refractivity contribution is 5.63. The summed E-state index contributed by atoms with van der Waals surface area (Å²) >= 11 is 0. The maximum absolute atomic E-state index is 5.30. The average Bonchev–Trinajstić information content (AvgIpc) is 2.74. The fraction of sp³-hybridized carbons (Fsp3) is 0.125. The van der Waals surface area contributed by atoms with Crippen LogP contribution in [0.3, 0.4) is 0 Å². The van der Waals surface area contributed by atoms with Gasteiger partial charge < -0.3 is 20.7 Å². The first kappa shape index (κ1) is 20.2. The van der Waals surface area contributed by atoms with Crippen LogP contribution in [0.2, 0.25) is 0 Å². The first-order valence-electron chi connectivity index (χ1n) is 9.92. The zero-order chi connectivity index (χ0) is 21.6. The molecule has 4 rings (SSSR count). The van der Waals surface area contributed by atoms with Gasteiger partial charge in [-0.25, -0.2) is 0 Å². The van der Waals surface area contributed by atoms with Gasteiger partial charge in [0.2, 0.25) is 17.8 Å². The van der Waals surface area contributed by atoms with E-state index in [2.05, 4.69) is 30.9 Å². The summed E-state index contributed by atoms with van der Waals surface area (Å²) in [4.78, 5) is 13.6. The van der Waals surface area contributed by atoms with Gasteiger partial charge in [0.1, 0.15) is 5.75 Å². The van der Waals surface area contributed by atoms with E-state index in [1.54, 1.807) is 7.11 Å². The van der Waals surface area contributed by atoms with E-state index in [-0.39, 0.29) is 0 Å². The van der Waals surface area contributed by atoms with E-state index >= 15 is 0 Å². The van der Waals surface area contributed by atoms with E-state index in [0.29, 0.717) is 17.8 Å². The van der Waals surface area contributed by atoms with Crippen molar-refractivity contribution in [1.82, 2.24) is 15.0 Å². The lowest BCUT2D eigenvalue weighted by atomic mass is 10.2. The summed E-state index contributed by atoms with van der Waals surface area (Å²) in [5, 5.41) is 9.76. The third-order valence-electron chi connectivity index (χ3n) is 4.51. The molecule has 7 heteroatoms. The quantitative estimate of drug-likeness (QED) is 0.357. The minimum Gasteiger partial charge on any atom is -0.497 e. The lowest BCUT2D eigenvalue weighted by molar-refractivity contribution is 0.415. The van der Waals surface area contributed by atoms with Gasteiger partial charge in [-0.15, -0.1) is 0 Å². The molecule has 1 aromatic heterocycles. The van der Waals surface area contributed by atoms with Crippen LogP contribution in [0.5, 0.6) is 5.75 Å². The van der Waals surface area contributed by atoms with E-state index in [1.807, 2.05) is 86.6 Å². The highest BCUT2D eigenvalue weighted by Gasteiger charge is 2.09. The van der Waals surface area contributed by atoms with Crippen molar-refractivity contribution in [3.63, 3.8) is 0 Å². The van der Waals surface area contributed by atoms with Crippen LogP contribution >= 0.6 is 0 Å². The highest BCUT2D eigenvalue weighted by atomic mass is 16.5. The number of aromatic nitrogens is 3. The predicted octanol–water partition coefficient (Wildman–Crippen LogP) is 5.73. The fourth-order valence-corrected chi connectivity index (χ4v) is 3.08. The molecule has 0 aliphatic rings. The van der Waals surface area contributed by atoms with Crippen molar-refractivity contribution in [3.8, 4) is 5.75 Å². The molecule has 0 aliphatic heterocycles. The predicted molar refractivity (Wildman–Crippen MR) is 125 cm³/mol. The summed E-state index contributed by atoms with van der Waals surface area (Å²) in [6.07, 6.45) is 0. The summed E-state index contributed by atoms with van der Waals surface area (Å²) in [6, 6.07) is 23.7. The number of benzene rings is 3. The minimum absolute atomic E-state index is 0.411. The second kappa shape index (κ2) is 9.13. The Kier molecular flexibility index (Phi) is 5.93. The lowest BCUT2D eigenvalue weighted by Gasteiger charge is -2.12. The first-order chi connectivity index (χ1) is 15.1. The number of rotatable bonds is 7. The standard InChI is InChI=1S/C24H24N6O/c1-16-7-4-9-18(13-16)25-22-28-23(26-19-10-5-8-17(2)14-19)30-24(29-22)27-20-11-6-12-21(15-20)31-3/h4-15H,1-3H3,(H3,25,26,27,28,29,30). The number of anilines is 6. The van der Waals surface area contributed by atoms with Crippen LogP contribution in [-0.4, -0.2) is 22.1 Å². The molecule has 3 N–H and O–H groups in total. The van der Waals surface area contributed by atoms with E-state index < -0.39 is 0 Å². The summed E-state index contributed by atoms with van der Waals surface area (Å²) in [5.41, 5.74) is 4.91. The van der Waals surface area contributed by atoms with Gasteiger partial charge in [0.15, 0.2) is 0 Å². The topological polar surface area (TPSA) is 84.0 Å². The maximum atomic E-state index is 5.30. The smallest absolute Gasteiger partial charge is 0.233 e. The number of hydrogen-bond acceptors (Lipinski definition) is 7. The molecule has 0 amide bonds.